The number of fused-ring (bicyclic) bond motifs is 1. The van der Waals surface area contributed by atoms with E-state index in [9.17, 15) is 22.8 Å². The molecule has 3 rings (SSSR count). The van der Waals surface area contributed by atoms with E-state index in [1.54, 1.807) is 24.3 Å². The van der Waals surface area contributed by atoms with Gasteiger partial charge in [-0.2, -0.15) is 0 Å². The van der Waals surface area contributed by atoms with E-state index < -0.39 is 33.8 Å². The summed E-state index contributed by atoms with van der Waals surface area (Å²) in [5.41, 5.74) is 0.966. The largest absolute Gasteiger partial charge is 0.459 e. The Hall–Kier alpha value is -3.04. The van der Waals surface area contributed by atoms with E-state index in [4.69, 9.17) is 4.74 Å². The van der Waals surface area contributed by atoms with E-state index in [2.05, 4.69) is 0 Å². The molecule has 0 fully saturated rings. The van der Waals surface area contributed by atoms with Crippen molar-refractivity contribution in [2.75, 3.05) is 14.1 Å². The van der Waals surface area contributed by atoms with Crippen molar-refractivity contribution in [1.29, 1.82) is 0 Å². The predicted octanol–water partition coefficient (Wildman–Crippen LogP) is 1.66. The summed E-state index contributed by atoms with van der Waals surface area (Å²) in [5, 5.41) is 0. The minimum absolute atomic E-state index is 0.0736. The molecule has 1 heterocycles. The molecule has 0 aliphatic carbocycles. The molecule has 0 radical (unpaired) electrons. The first-order chi connectivity index (χ1) is 13.6. The van der Waals surface area contributed by atoms with Gasteiger partial charge in [-0.3, -0.25) is 14.5 Å². The molecule has 0 saturated carbocycles. The van der Waals surface area contributed by atoms with Crippen LogP contribution in [0.15, 0.2) is 53.4 Å². The Morgan fingerprint density at radius 2 is 1.62 bits per heavy atom. The highest BCUT2D eigenvalue weighted by atomic mass is 32.2. The Morgan fingerprint density at radius 3 is 2.17 bits per heavy atom. The molecule has 8 nitrogen and oxygen atoms in total. The van der Waals surface area contributed by atoms with Gasteiger partial charge in [-0.1, -0.05) is 24.3 Å². The minimum atomic E-state index is -3.62. The number of amides is 2. The maximum Gasteiger partial charge on any atom is 0.329 e. The highest BCUT2D eigenvalue weighted by Crippen LogP contribution is 2.25. The van der Waals surface area contributed by atoms with Crippen LogP contribution in [0.25, 0.3) is 0 Å². The van der Waals surface area contributed by atoms with Crippen LogP contribution < -0.4 is 0 Å². The molecule has 1 aliphatic rings. The lowest BCUT2D eigenvalue weighted by molar-refractivity contribution is -0.149. The standard InChI is InChI=1S/C20H20N2O6S/c1-13(22-18(23)16-9-4-5-10-17(16)19(22)24)20(25)28-12-14-7-6-8-15(11-14)29(26,27)21(2)3/h4-11,13H,12H2,1-3H3/t13-/m0/s1. The first-order valence-electron chi connectivity index (χ1n) is 8.79. The van der Waals surface area contributed by atoms with Crippen molar-refractivity contribution in [1.82, 2.24) is 9.21 Å². The summed E-state index contributed by atoms with van der Waals surface area (Å²) in [7, 11) is -0.772. The second-order valence-electron chi connectivity index (χ2n) is 6.74. The Morgan fingerprint density at radius 1 is 1.03 bits per heavy atom. The van der Waals surface area contributed by atoms with Gasteiger partial charge in [0.05, 0.1) is 16.0 Å². The quantitative estimate of drug-likeness (QED) is 0.524. The van der Waals surface area contributed by atoms with E-state index in [0.29, 0.717) is 5.56 Å². The van der Waals surface area contributed by atoms with Gasteiger partial charge in [0, 0.05) is 14.1 Å². The first kappa shape index (κ1) is 20.7. The van der Waals surface area contributed by atoms with Gasteiger partial charge in [-0.25, -0.2) is 17.5 Å². The average molecular weight is 416 g/mol. The van der Waals surface area contributed by atoms with E-state index >= 15 is 0 Å². The molecule has 0 N–H and O–H groups in total. The first-order valence-corrected chi connectivity index (χ1v) is 10.2. The summed E-state index contributed by atoms with van der Waals surface area (Å²) in [6, 6.07) is 11.3. The Labute approximate surface area is 168 Å². The van der Waals surface area contributed by atoms with Crippen molar-refractivity contribution < 1.29 is 27.5 Å². The molecular formula is C20H20N2O6S. The zero-order valence-electron chi connectivity index (χ0n) is 16.2. The normalized spacial score (nSPS) is 14.8. The third kappa shape index (κ3) is 3.79. The molecule has 1 aliphatic heterocycles. The highest BCUT2D eigenvalue weighted by molar-refractivity contribution is 7.89. The second kappa shape index (κ2) is 7.76. The minimum Gasteiger partial charge on any atom is -0.459 e. The SMILES string of the molecule is C[C@@H](C(=O)OCc1cccc(S(=O)(=O)N(C)C)c1)N1C(=O)c2ccccc2C1=O. The molecule has 2 aromatic carbocycles. The van der Waals surface area contributed by atoms with E-state index in [-0.39, 0.29) is 22.6 Å². The maximum absolute atomic E-state index is 12.5. The molecule has 0 bridgehead atoms. The number of ether oxygens (including phenoxy) is 1. The van der Waals surface area contributed by atoms with Gasteiger partial charge in [-0.05, 0) is 36.8 Å². The monoisotopic (exact) mass is 416 g/mol. The molecule has 0 spiro atoms. The molecule has 152 valence electrons. The molecule has 0 aromatic heterocycles. The highest BCUT2D eigenvalue weighted by Gasteiger charge is 2.41. The maximum atomic E-state index is 12.5. The van der Waals surface area contributed by atoms with Gasteiger partial charge in [0.15, 0.2) is 0 Å². The van der Waals surface area contributed by atoms with Gasteiger partial charge in [0.25, 0.3) is 11.8 Å². The molecule has 1 atom stereocenters. The lowest BCUT2D eigenvalue weighted by Gasteiger charge is -2.21. The van der Waals surface area contributed by atoms with Crippen molar-refractivity contribution in [2.45, 2.75) is 24.5 Å². The number of hydrogen-bond acceptors (Lipinski definition) is 6. The second-order valence-corrected chi connectivity index (χ2v) is 8.90. The number of benzene rings is 2. The molecule has 2 aromatic rings. The molecule has 0 saturated heterocycles. The van der Waals surface area contributed by atoms with Crippen LogP contribution in [0.1, 0.15) is 33.2 Å². The number of hydrogen-bond donors (Lipinski definition) is 0. The fourth-order valence-electron chi connectivity index (χ4n) is 2.95. The van der Waals surface area contributed by atoms with Gasteiger partial charge < -0.3 is 4.74 Å². The number of rotatable bonds is 6. The van der Waals surface area contributed by atoms with Crippen molar-refractivity contribution in [3.05, 3.63) is 65.2 Å². The molecular weight excluding hydrogens is 396 g/mol. The topological polar surface area (TPSA) is 101 Å². The van der Waals surface area contributed by atoms with Gasteiger partial charge >= 0.3 is 5.97 Å². The molecule has 9 heteroatoms. The van der Waals surface area contributed by atoms with Crippen LogP contribution >= 0.6 is 0 Å². The zero-order valence-corrected chi connectivity index (χ0v) is 17.0. The average Bonchev–Trinajstić information content (AvgIpc) is 2.96. The summed E-state index contributed by atoms with van der Waals surface area (Å²) in [6.45, 7) is 1.22. The lowest BCUT2D eigenvalue weighted by atomic mass is 10.1. The number of nitrogens with zero attached hydrogens (tertiary/aromatic N) is 2. The summed E-state index contributed by atoms with van der Waals surface area (Å²) < 4.78 is 30.8. The predicted molar refractivity (Wildman–Crippen MR) is 104 cm³/mol. The molecule has 2 amide bonds. The van der Waals surface area contributed by atoms with E-state index in [1.807, 2.05) is 0 Å². The number of carbonyl (C=O) groups is 3. The number of imide groups is 1. The van der Waals surface area contributed by atoms with Crippen LogP contribution in [0, 0.1) is 0 Å². The van der Waals surface area contributed by atoms with Crippen molar-refractivity contribution >= 4 is 27.8 Å². The Kier molecular flexibility index (Phi) is 5.54. The van der Waals surface area contributed by atoms with Crippen molar-refractivity contribution in [3.63, 3.8) is 0 Å². The fourth-order valence-corrected chi connectivity index (χ4v) is 3.92. The summed E-state index contributed by atoms with van der Waals surface area (Å²) in [4.78, 5) is 38.3. The van der Waals surface area contributed by atoms with Crippen LogP contribution in [0.4, 0.5) is 0 Å². The van der Waals surface area contributed by atoms with Crippen LogP contribution in [0.5, 0.6) is 0 Å². The van der Waals surface area contributed by atoms with E-state index in [0.717, 1.165) is 9.21 Å². The number of sulfonamides is 1. The summed E-state index contributed by atoms with van der Waals surface area (Å²) in [5.74, 6) is -1.86. The van der Waals surface area contributed by atoms with Gasteiger partial charge in [0.2, 0.25) is 10.0 Å². The molecule has 29 heavy (non-hydrogen) atoms. The van der Waals surface area contributed by atoms with E-state index in [1.165, 1.54) is 45.3 Å². The van der Waals surface area contributed by atoms with Crippen LogP contribution in [0.2, 0.25) is 0 Å². The summed E-state index contributed by atoms with van der Waals surface area (Å²) in [6.07, 6.45) is 0. The summed E-state index contributed by atoms with van der Waals surface area (Å²) >= 11 is 0. The Bertz CT molecular complexity index is 1060. The zero-order chi connectivity index (χ0) is 21.3. The van der Waals surface area contributed by atoms with Crippen LogP contribution in [-0.2, 0) is 26.2 Å². The number of carbonyl (C=O) groups excluding carboxylic acids is 3. The third-order valence-corrected chi connectivity index (χ3v) is 6.42. The fraction of sp³-hybridized carbons (Fsp3) is 0.250. The van der Waals surface area contributed by atoms with Gasteiger partial charge in [-0.15, -0.1) is 0 Å². The molecule has 0 unspecified atom stereocenters. The smallest absolute Gasteiger partial charge is 0.329 e. The third-order valence-electron chi connectivity index (χ3n) is 4.61. The van der Waals surface area contributed by atoms with Crippen molar-refractivity contribution in [3.8, 4) is 0 Å². The van der Waals surface area contributed by atoms with Gasteiger partial charge in [0.1, 0.15) is 12.6 Å². The van der Waals surface area contributed by atoms with Crippen LogP contribution in [0.3, 0.4) is 0 Å². The lowest BCUT2D eigenvalue weighted by Crippen LogP contribution is -2.43. The Balaban J connectivity index is 1.71. The van der Waals surface area contributed by atoms with Crippen molar-refractivity contribution in [2.24, 2.45) is 0 Å². The van der Waals surface area contributed by atoms with Crippen LogP contribution in [-0.4, -0.2) is 55.5 Å². The number of esters is 1.